The van der Waals surface area contributed by atoms with Gasteiger partial charge in [0.05, 0.1) is 0 Å². The van der Waals surface area contributed by atoms with E-state index in [2.05, 4.69) is 5.16 Å². The van der Waals surface area contributed by atoms with Crippen molar-refractivity contribution in [3.63, 3.8) is 0 Å². The van der Waals surface area contributed by atoms with Crippen LogP contribution in [0.2, 0.25) is 0 Å². The minimum absolute atomic E-state index is 0.0410. The standard InChI is InChI=1S/C21H23NO3/c1-14(2)18-12-17(13-19(15(3)4)21(18)24)22-25-20(23)11-10-16-8-6-5-7-9-16/h5-15H,1-4H3. The maximum Gasteiger partial charge on any atom is 0.358 e. The third kappa shape index (κ3) is 5.11. The van der Waals surface area contributed by atoms with Gasteiger partial charge >= 0.3 is 5.97 Å². The lowest BCUT2D eigenvalue weighted by Crippen LogP contribution is -2.21. The Labute approximate surface area is 148 Å². The van der Waals surface area contributed by atoms with Crippen molar-refractivity contribution < 1.29 is 14.4 Å². The SMILES string of the molecule is CC(C)C1=CC(=NOC(=O)C=Cc2ccccc2)C=C(C(C)C)C1=O. The van der Waals surface area contributed by atoms with Gasteiger partial charge in [0.15, 0.2) is 5.78 Å². The highest BCUT2D eigenvalue weighted by molar-refractivity contribution is 6.22. The van der Waals surface area contributed by atoms with Crippen LogP contribution < -0.4 is 0 Å². The molecule has 0 N–H and O–H groups in total. The van der Waals surface area contributed by atoms with E-state index in [4.69, 9.17) is 4.84 Å². The minimum atomic E-state index is -0.563. The molecule has 0 spiro atoms. The van der Waals surface area contributed by atoms with Crippen molar-refractivity contribution in [3.8, 4) is 0 Å². The molecule has 0 bridgehead atoms. The van der Waals surface area contributed by atoms with Gasteiger partial charge in [0.1, 0.15) is 5.71 Å². The Balaban J connectivity index is 2.14. The lowest BCUT2D eigenvalue weighted by Gasteiger charge is -2.19. The predicted molar refractivity (Wildman–Crippen MR) is 99.9 cm³/mol. The molecule has 1 aliphatic rings. The Kier molecular flexibility index (Phi) is 6.23. The van der Waals surface area contributed by atoms with Crippen molar-refractivity contribution in [1.29, 1.82) is 0 Å². The lowest BCUT2D eigenvalue weighted by atomic mass is 9.84. The fourth-order valence-electron chi connectivity index (χ4n) is 2.43. The highest BCUT2D eigenvalue weighted by Gasteiger charge is 2.24. The van der Waals surface area contributed by atoms with E-state index >= 15 is 0 Å². The minimum Gasteiger partial charge on any atom is -0.313 e. The van der Waals surface area contributed by atoms with Gasteiger partial charge in [0.25, 0.3) is 0 Å². The zero-order chi connectivity index (χ0) is 18.4. The molecule has 4 heteroatoms. The van der Waals surface area contributed by atoms with Crippen molar-refractivity contribution in [2.45, 2.75) is 27.7 Å². The number of ketones is 1. The van der Waals surface area contributed by atoms with E-state index in [9.17, 15) is 9.59 Å². The van der Waals surface area contributed by atoms with Gasteiger partial charge in [-0.25, -0.2) is 4.79 Å². The molecule has 0 aliphatic heterocycles. The summed E-state index contributed by atoms with van der Waals surface area (Å²) in [4.78, 5) is 29.2. The molecule has 0 amide bonds. The van der Waals surface area contributed by atoms with Crippen molar-refractivity contribution in [3.05, 3.63) is 65.3 Å². The van der Waals surface area contributed by atoms with E-state index in [1.807, 2.05) is 58.0 Å². The monoisotopic (exact) mass is 337 g/mol. The van der Waals surface area contributed by atoms with Gasteiger partial charge in [0.2, 0.25) is 0 Å². The smallest absolute Gasteiger partial charge is 0.313 e. The number of hydrogen-bond donors (Lipinski definition) is 0. The predicted octanol–water partition coefficient (Wildman–Crippen LogP) is 4.35. The third-order valence-corrected chi connectivity index (χ3v) is 3.83. The summed E-state index contributed by atoms with van der Waals surface area (Å²) < 4.78 is 0. The third-order valence-electron chi connectivity index (χ3n) is 3.83. The van der Waals surface area contributed by atoms with Crippen LogP contribution in [-0.4, -0.2) is 17.5 Å². The molecule has 0 aromatic heterocycles. The number of oxime groups is 1. The Morgan fingerprint density at radius 3 is 2.08 bits per heavy atom. The zero-order valence-corrected chi connectivity index (χ0v) is 15.0. The summed E-state index contributed by atoms with van der Waals surface area (Å²) in [6, 6.07) is 9.46. The summed E-state index contributed by atoms with van der Waals surface area (Å²) in [5.74, 6) is -0.367. The van der Waals surface area contributed by atoms with Crippen LogP contribution in [0.15, 0.2) is 64.9 Å². The van der Waals surface area contributed by atoms with E-state index in [1.54, 1.807) is 18.2 Å². The first-order valence-electron chi connectivity index (χ1n) is 8.38. The normalized spacial score (nSPS) is 14.8. The van der Waals surface area contributed by atoms with Crippen molar-refractivity contribution in [2.75, 3.05) is 0 Å². The maximum absolute atomic E-state index is 12.4. The molecule has 130 valence electrons. The molecule has 0 saturated heterocycles. The highest BCUT2D eigenvalue weighted by Crippen LogP contribution is 2.25. The van der Waals surface area contributed by atoms with E-state index in [0.29, 0.717) is 16.9 Å². The fourth-order valence-corrected chi connectivity index (χ4v) is 2.43. The molecular weight excluding hydrogens is 314 g/mol. The van der Waals surface area contributed by atoms with E-state index in [-0.39, 0.29) is 17.6 Å². The second-order valence-corrected chi connectivity index (χ2v) is 6.51. The van der Waals surface area contributed by atoms with Crippen molar-refractivity contribution in [2.24, 2.45) is 17.0 Å². The van der Waals surface area contributed by atoms with Gasteiger partial charge in [-0.15, -0.1) is 0 Å². The second kappa shape index (κ2) is 8.38. The van der Waals surface area contributed by atoms with Crippen LogP contribution in [0, 0.1) is 11.8 Å². The Bertz CT molecular complexity index is 736. The first-order chi connectivity index (χ1) is 11.9. The molecule has 0 unspecified atom stereocenters. The van der Waals surface area contributed by atoms with Crippen LogP contribution in [0.1, 0.15) is 33.3 Å². The van der Waals surface area contributed by atoms with E-state index in [0.717, 1.165) is 5.56 Å². The lowest BCUT2D eigenvalue weighted by molar-refractivity contribution is -0.137. The molecule has 0 radical (unpaired) electrons. The van der Waals surface area contributed by atoms with Crippen LogP contribution in [0.4, 0.5) is 0 Å². The Morgan fingerprint density at radius 2 is 1.56 bits per heavy atom. The van der Waals surface area contributed by atoms with Crippen molar-refractivity contribution >= 4 is 23.5 Å². The largest absolute Gasteiger partial charge is 0.358 e. The maximum atomic E-state index is 12.4. The second-order valence-electron chi connectivity index (χ2n) is 6.51. The molecule has 1 aliphatic carbocycles. The van der Waals surface area contributed by atoms with Gasteiger partial charge in [-0.05, 0) is 35.6 Å². The number of carbonyl (C=O) groups excluding carboxylic acids is 2. The molecule has 25 heavy (non-hydrogen) atoms. The van der Waals surface area contributed by atoms with E-state index in [1.165, 1.54) is 6.08 Å². The molecule has 4 nitrogen and oxygen atoms in total. The molecule has 0 saturated carbocycles. The number of Topliss-reactive ketones (excluding diaryl/α,β-unsaturated/α-hetero) is 1. The van der Waals surface area contributed by atoms with Gasteiger partial charge < -0.3 is 4.84 Å². The summed E-state index contributed by atoms with van der Waals surface area (Å²) >= 11 is 0. The first-order valence-corrected chi connectivity index (χ1v) is 8.38. The van der Waals surface area contributed by atoms with Gasteiger partial charge in [-0.2, -0.15) is 0 Å². The molecule has 0 fully saturated rings. The van der Waals surface area contributed by atoms with Crippen LogP contribution in [0.3, 0.4) is 0 Å². The molecule has 0 heterocycles. The van der Waals surface area contributed by atoms with Crippen LogP contribution in [0.5, 0.6) is 0 Å². The topological polar surface area (TPSA) is 55.7 Å². The molecule has 0 atom stereocenters. The molecule has 1 aromatic carbocycles. The molecular formula is C21H23NO3. The molecule has 2 rings (SSSR count). The quantitative estimate of drug-likeness (QED) is 0.347. The fraction of sp³-hybridized carbons (Fsp3) is 0.286. The zero-order valence-electron chi connectivity index (χ0n) is 15.0. The summed E-state index contributed by atoms with van der Waals surface area (Å²) in [5, 5.41) is 3.91. The number of allylic oxidation sites excluding steroid dienone is 4. The molecule has 1 aromatic rings. The van der Waals surface area contributed by atoms with Crippen LogP contribution in [0.25, 0.3) is 6.08 Å². The number of nitrogens with zero attached hydrogens (tertiary/aromatic N) is 1. The summed E-state index contributed by atoms with van der Waals surface area (Å²) in [6.45, 7) is 7.83. The number of rotatable bonds is 5. The average Bonchev–Trinajstić information content (AvgIpc) is 2.59. The van der Waals surface area contributed by atoms with E-state index < -0.39 is 5.97 Å². The summed E-state index contributed by atoms with van der Waals surface area (Å²) in [5.41, 5.74) is 2.74. The summed E-state index contributed by atoms with van der Waals surface area (Å²) in [6.07, 6.45) is 6.37. The average molecular weight is 337 g/mol. The van der Waals surface area contributed by atoms with Gasteiger partial charge in [-0.3, -0.25) is 4.79 Å². The highest BCUT2D eigenvalue weighted by atomic mass is 16.7. The van der Waals surface area contributed by atoms with Crippen LogP contribution in [-0.2, 0) is 14.4 Å². The van der Waals surface area contributed by atoms with Crippen molar-refractivity contribution in [1.82, 2.24) is 0 Å². The first kappa shape index (κ1) is 18.6. The van der Waals surface area contributed by atoms with Crippen LogP contribution >= 0.6 is 0 Å². The number of carbonyl (C=O) groups is 2. The number of benzene rings is 1. The Hall–Kier alpha value is -2.75. The number of hydrogen-bond acceptors (Lipinski definition) is 4. The van der Waals surface area contributed by atoms with Gasteiger partial charge in [-0.1, -0.05) is 63.2 Å². The summed E-state index contributed by atoms with van der Waals surface area (Å²) in [7, 11) is 0. The Morgan fingerprint density at radius 1 is 1.00 bits per heavy atom. The van der Waals surface area contributed by atoms with Gasteiger partial charge in [0, 0.05) is 17.2 Å².